The van der Waals surface area contributed by atoms with E-state index in [0.29, 0.717) is 10.6 Å². The van der Waals surface area contributed by atoms with Crippen LogP contribution in [0.5, 0.6) is 0 Å². The molecular weight excluding hydrogens is 182 g/mol. The molecular formula is C9H8ClF2. The molecule has 1 radical (unpaired) electrons. The molecule has 0 saturated heterocycles. The second kappa shape index (κ2) is 3.02. The maximum absolute atomic E-state index is 12.7. The van der Waals surface area contributed by atoms with Crippen LogP contribution in [0.4, 0.5) is 8.78 Å². The van der Waals surface area contributed by atoms with E-state index in [1.807, 2.05) is 0 Å². The van der Waals surface area contributed by atoms with Crippen LogP contribution in [0.25, 0.3) is 0 Å². The fourth-order valence-electron chi connectivity index (χ4n) is 1.04. The van der Waals surface area contributed by atoms with E-state index in [2.05, 4.69) is 6.92 Å². The Bertz CT molecular complexity index is 289. The number of benzene rings is 1. The van der Waals surface area contributed by atoms with Crippen LogP contribution in [0.2, 0.25) is 5.02 Å². The third-order valence-corrected chi connectivity index (χ3v) is 1.82. The average Bonchev–Trinajstić information content (AvgIpc) is 1.83. The van der Waals surface area contributed by atoms with Crippen molar-refractivity contribution < 1.29 is 8.78 Å². The van der Waals surface area contributed by atoms with Gasteiger partial charge in [-0.2, -0.15) is 0 Å². The Kier molecular flexibility index (Phi) is 2.38. The highest BCUT2D eigenvalue weighted by Gasteiger charge is 2.26. The van der Waals surface area contributed by atoms with E-state index in [9.17, 15) is 8.78 Å². The third kappa shape index (κ3) is 1.95. The summed E-state index contributed by atoms with van der Waals surface area (Å²) in [5.74, 6) is -3.03. The van der Waals surface area contributed by atoms with Crippen molar-refractivity contribution in [3.05, 3.63) is 41.3 Å². The molecule has 12 heavy (non-hydrogen) atoms. The van der Waals surface area contributed by atoms with Crippen LogP contribution in [-0.2, 0) is 5.92 Å². The maximum Gasteiger partial charge on any atom is 0.273 e. The van der Waals surface area contributed by atoms with Gasteiger partial charge < -0.3 is 0 Å². The molecule has 0 fully saturated rings. The average molecular weight is 190 g/mol. The van der Waals surface area contributed by atoms with Crippen LogP contribution in [0.1, 0.15) is 11.1 Å². The zero-order chi connectivity index (χ0) is 9.35. The van der Waals surface area contributed by atoms with Gasteiger partial charge >= 0.3 is 0 Å². The Balaban J connectivity index is 3.19. The Morgan fingerprint density at radius 1 is 1.42 bits per heavy atom. The van der Waals surface area contributed by atoms with Crippen LogP contribution in [0.3, 0.4) is 0 Å². The molecule has 0 saturated carbocycles. The van der Waals surface area contributed by atoms with Crippen LogP contribution in [-0.4, -0.2) is 0 Å². The summed E-state index contributed by atoms with van der Waals surface area (Å²) >= 11 is 5.60. The van der Waals surface area contributed by atoms with Gasteiger partial charge in [0.15, 0.2) is 0 Å². The predicted molar refractivity (Wildman–Crippen MR) is 45.4 cm³/mol. The van der Waals surface area contributed by atoms with Crippen molar-refractivity contribution in [1.82, 2.24) is 0 Å². The van der Waals surface area contributed by atoms with Crippen molar-refractivity contribution in [2.24, 2.45) is 0 Å². The lowest BCUT2D eigenvalue weighted by atomic mass is 10.0. The van der Waals surface area contributed by atoms with Crippen molar-refractivity contribution in [2.45, 2.75) is 12.8 Å². The first-order valence-corrected chi connectivity index (χ1v) is 3.79. The quantitative estimate of drug-likeness (QED) is 0.634. The molecule has 0 heterocycles. The molecule has 0 aliphatic heterocycles. The molecule has 0 aliphatic carbocycles. The van der Waals surface area contributed by atoms with Gasteiger partial charge in [0.05, 0.1) is 0 Å². The van der Waals surface area contributed by atoms with Crippen molar-refractivity contribution >= 4 is 11.6 Å². The summed E-state index contributed by atoms with van der Waals surface area (Å²) in [6, 6.07) is 4.23. The standard InChI is InChI=1S/C9H8ClF2/c1-6-5-7(10)3-4-8(6)9(2,11)12/h3-5H,2H2,1H3. The van der Waals surface area contributed by atoms with E-state index in [4.69, 9.17) is 11.6 Å². The minimum atomic E-state index is -3.03. The Morgan fingerprint density at radius 3 is 2.42 bits per heavy atom. The number of halogens is 3. The van der Waals surface area contributed by atoms with Gasteiger partial charge in [0.25, 0.3) is 5.92 Å². The highest BCUT2D eigenvalue weighted by Crippen LogP contribution is 2.30. The second-order valence-corrected chi connectivity index (χ2v) is 3.10. The second-order valence-electron chi connectivity index (χ2n) is 2.66. The molecule has 0 N–H and O–H groups in total. The van der Waals surface area contributed by atoms with Crippen molar-refractivity contribution in [2.75, 3.05) is 0 Å². The lowest BCUT2D eigenvalue weighted by Gasteiger charge is -2.13. The Morgan fingerprint density at radius 2 is 2.00 bits per heavy atom. The molecule has 0 aromatic heterocycles. The molecule has 65 valence electrons. The zero-order valence-electron chi connectivity index (χ0n) is 6.57. The lowest BCUT2D eigenvalue weighted by molar-refractivity contribution is 0.0480. The molecule has 0 nitrogen and oxygen atoms in total. The fourth-order valence-corrected chi connectivity index (χ4v) is 1.26. The lowest BCUT2D eigenvalue weighted by Crippen LogP contribution is -2.09. The van der Waals surface area contributed by atoms with E-state index in [1.54, 1.807) is 6.92 Å². The molecule has 0 bridgehead atoms. The molecule has 0 atom stereocenters. The fraction of sp³-hybridized carbons (Fsp3) is 0.222. The summed E-state index contributed by atoms with van der Waals surface area (Å²) in [7, 11) is 0. The molecule has 1 aromatic rings. The van der Waals surface area contributed by atoms with Gasteiger partial charge in [0.1, 0.15) is 0 Å². The van der Waals surface area contributed by atoms with Gasteiger partial charge in [-0.3, -0.25) is 0 Å². The Hall–Kier alpha value is -0.630. The molecule has 3 heteroatoms. The van der Waals surface area contributed by atoms with Crippen LogP contribution < -0.4 is 0 Å². The number of hydrogen-bond acceptors (Lipinski definition) is 0. The smallest absolute Gasteiger partial charge is 0.201 e. The summed E-state index contributed by atoms with van der Waals surface area (Å²) in [4.78, 5) is 0. The molecule has 1 aromatic carbocycles. The predicted octanol–water partition coefficient (Wildman–Crippen LogP) is 3.57. The van der Waals surface area contributed by atoms with E-state index in [-0.39, 0.29) is 5.56 Å². The summed E-state index contributed by atoms with van der Waals surface area (Å²) < 4.78 is 25.4. The van der Waals surface area contributed by atoms with Gasteiger partial charge in [-0.25, -0.2) is 8.78 Å². The zero-order valence-corrected chi connectivity index (χ0v) is 7.33. The van der Waals surface area contributed by atoms with Gasteiger partial charge in [0, 0.05) is 17.5 Å². The third-order valence-electron chi connectivity index (χ3n) is 1.58. The largest absolute Gasteiger partial charge is 0.273 e. The molecule has 0 spiro atoms. The first-order chi connectivity index (χ1) is 5.41. The first-order valence-electron chi connectivity index (χ1n) is 3.41. The number of rotatable bonds is 1. The van der Waals surface area contributed by atoms with Gasteiger partial charge in [0.2, 0.25) is 0 Å². The van der Waals surface area contributed by atoms with Crippen molar-refractivity contribution in [3.8, 4) is 0 Å². The summed E-state index contributed by atoms with van der Waals surface area (Å²) in [6.45, 7) is 4.34. The summed E-state index contributed by atoms with van der Waals surface area (Å²) in [6.07, 6.45) is 0. The minimum Gasteiger partial charge on any atom is -0.201 e. The molecule has 0 amide bonds. The van der Waals surface area contributed by atoms with Gasteiger partial charge in [-0.15, -0.1) is 0 Å². The summed E-state index contributed by atoms with van der Waals surface area (Å²) in [5.41, 5.74) is 0.384. The van der Waals surface area contributed by atoms with E-state index >= 15 is 0 Å². The highest BCUT2D eigenvalue weighted by atomic mass is 35.5. The van der Waals surface area contributed by atoms with Crippen LogP contribution in [0.15, 0.2) is 18.2 Å². The number of aryl methyl sites for hydroxylation is 1. The molecule has 0 aliphatic rings. The summed E-state index contributed by atoms with van der Waals surface area (Å²) in [5, 5.41) is 0.459. The number of hydrogen-bond donors (Lipinski definition) is 0. The van der Waals surface area contributed by atoms with Crippen molar-refractivity contribution in [1.29, 1.82) is 0 Å². The highest BCUT2D eigenvalue weighted by molar-refractivity contribution is 6.30. The van der Waals surface area contributed by atoms with Gasteiger partial charge in [-0.05, 0) is 24.6 Å². The van der Waals surface area contributed by atoms with Crippen molar-refractivity contribution in [3.63, 3.8) is 0 Å². The number of alkyl halides is 2. The topological polar surface area (TPSA) is 0 Å². The van der Waals surface area contributed by atoms with E-state index in [0.717, 1.165) is 0 Å². The normalized spacial score (nSPS) is 11.8. The molecule has 1 rings (SSSR count). The molecule has 0 unspecified atom stereocenters. The Labute approximate surface area is 75.2 Å². The van der Waals surface area contributed by atoms with Gasteiger partial charge in [-0.1, -0.05) is 17.7 Å². The first kappa shape index (κ1) is 9.46. The van der Waals surface area contributed by atoms with Crippen LogP contribution >= 0.6 is 11.6 Å². The van der Waals surface area contributed by atoms with E-state index in [1.165, 1.54) is 18.2 Å². The van der Waals surface area contributed by atoms with E-state index < -0.39 is 5.92 Å². The SMILES string of the molecule is [CH2]C(F)(F)c1ccc(Cl)cc1C. The van der Waals surface area contributed by atoms with Crippen LogP contribution in [0, 0.1) is 13.8 Å². The monoisotopic (exact) mass is 189 g/mol. The maximum atomic E-state index is 12.7. The minimum absolute atomic E-state index is 0.0769.